The molecule has 2 aromatic rings. The van der Waals surface area contributed by atoms with Crippen LogP contribution in [0.25, 0.3) is 11.4 Å². The molecule has 0 spiro atoms. The normalized spacial score (nSPS) is 12.5. The number of thiophene rings is 1. The summed E-state index contributed by atoms with van der Waals surface area (Å²) in [7, 11) is 1.47. The molecular formula is C10H12N4O3S. The molecule has 1 atom stereocenters. The predicted molar refractivity (Wildman–Crippen MR) is 64.2 cm³/mol. The summed E-state index contributed by atoms with van der Waals surface area (Å²) in [6.07, 6.45) is -0.539. The largest absolute Gasteiger partial charge is 0.481 e. The second-order valence-corrected chi connectivity index (χ2v) is 4.43. The number of carboxylic acids is 1. The topological polar surface area (TPSA) is 90.1 Å². The first-order valence-corrected chi connectivity index (χ1v) is 6.18. The Morgan fingerprint density at radius 1 is 1.67 bits per heavy atom. The molecule has 2 heterocycles. The summed E-state index contributed by atoms with van der Waals surface area (Å²) >= 11 is 1.55. The lowest BCUT2D eigenvalue weighted by Gasteiger charge is -2.13. The molecule has 2 aromatic heterocycles. The maximum Gasteiger partial charge on any atom is 0.306 e. The maximum atomic E-state index is 10.7. The Balaban J connectivity index is 2.14. The second-order valence-electron chi connectivity index (χ2n) is 3.65. The molecule has 18 heavy (non-hydrogen) atoms. The van der Waals surface area contributed by atoms with Gasteiger partial charge in [0.15, 0.2) is 5.82 Å². The third kappa shape index (κ3) is 2.90. The van der Waals surface area contributed by atoms with Crippen LogP contribution in [0.1, 0.15) is 6.42 Å². The van der Waals surface area contributed by atoms with Gasteiger partial charge in [-0.1, -0.05) is 0 Å². The third-order valence-corrected chi connectivity index (χ3v) is 3.11. The van der Waals surface area contributed by atoms with E-state index in [2.05, 4.69) is 15.5 Å². The van der Waals surface area contributed by atoms with Crippen molar-refractivity contribution in [2.75, 3.05) is 7.11 Å². The molecule has 96 valence electrons. The number of carbonyl (C=O) groups is 1. The van der Waals surface area contributed by atoms with Crippen molar-refractivity contribution in [3.05, 3.63) is 16.8 Å². The molecule has 0 aliphatic carbocycles. The summed E-state index contributed by atoms with van der Waals surface area (Å²) in [5, 5.41) is 24.0. The standard InChI is InChI=1S/C10H12N4O3S/c1-17-8(4-9(15)16)5-14-10(11-12-13-14)7-2-3-18-6-7/h2-3,6,8H,4-5H2,1H3,(H,15,16). The summed E-state index contributed by atoms with van der Waals surface area (Å²) < 4.78 is 6.67. The monoisotopic (exact) mass is 268 g/mol. The van der Waals surface area contributed by atoms with Crippen LogP contribution in [-0.4, -0.2) is 44.5 Å². The quantitative estimate of drug-likeness (QED) is 0.836. The van der Waals surface area contributed by atoms with Crippen molar-refractivity contribution in [2.24, 2.45) is 0 Å². The Morgan fingerprint density at radius 2 is 2.50 bits per heavy atom. The molecule has 1 N–H and O–H groups in total. The first kappa shape index (κ1) is 12.7. The van der Waals surface area contributed by atoms with Gasteiger partial charge in [0.1, 0.15) is 0 Å². The molecule has 0 aromatic carbocycles. The average molecular weight is 268 g/mol. The number of carboxylic acid groups (broad SMARTS) is 1. The van der Waals surface area contributed by atoms with E-state index in [0.717, 1.165) is 5.56 Å². The highest BCUT2D eigenvalue weighted by Gasteiger charge is 2.17. The van der Waals surface area contributed by atoms with Crippen molar-refractivity contribution < 1.29 is 14.6 Å². The average Bonchev–Trinajstić information content (AvgIpc) is 2.96. The van der Waals surface area contributed by atoms with Gasteiger partial charge in [0.25, 0.3) is 0 Å². The van der Waals surface area contributed by atoms with E-state index in [-0.39, 0.29) is 6.42 Å². The number of aromatic nitrogens is 4. The Kier molecular flexibility index (Phi) is 4.00. The fourth-order valence-corrected chi connectivity index (χ4v) is 2.17. The van der Waals surface area contributed by atoms with E-state index in [0.29, 0.717) is 12.4 Å². The Hall–Kier alpha value is -1.80. The van der Waals surface area contributed by atoms with E-state index < -0.39 is 12.1 Å². The van der Waals surface area contributed by atoms with Crippen molar-refractivity contribution in [3.8, 4) is 11.4 Å². The predicted octanol–water partition coefficient (Wildman–Crippen LogP) is 0.891. The van der Waals surface area contributed by atoms with Crippen LogP contribution < -0.4 is 0 Å². The highest BCUT2D eigenvalue weighted by molar-refractivity contribution is 7.08. The molecule has 2 rings (SSSR count). The van der Waals surface area contributed by atoms with Gasteiger partial charge in [-0.25, -0.2) is 4.68 Å². The molecule has 0 aliphatic rings. The first-order valence-electron chi connectivity index (χ1n) is 5.24. The van der Waals surface area contributed by atoms with Gasteiger partial charge in [0.05, 0.1) is 19.1 Å². The van der Waals surface area contributed by atoms with Gasteiger partial charge in [-0.3, -0.25) is 4.79 Å². The maximum absolute atomic E-state index is 10.7. The van der Waals surface area contributed by atoms with Crippen molar-refractivity contribution >= 4 is 17.3 Å². The highest BCUT2D eigenvalue weighted by atomic mass is 32.1. The fraction of sp³-hybridized carbons (Fsp3) is 0.400. The summed E-state index contributed by atoms with van der Waals surface area (Å²) in [6.45, 7) is 0.307. The van der Waals surface area contributed by atoms with Gasteiger partial charge >= 0.3 is 5.97 Å². The second kappa shape index (κ2) is 5.69. The van der Waals surface area contributed by atoms with E-state index >= 15 is 0 Å². The first-order chi connectivity index (χ1) is 8.70. The van der Waals surface area contributed by atoms with Gasteiger partial charge in [0, 0.05) is 18.1 Å². The minimum absolute atomic E-state index is 0.0839. The summed E-state index contributed by atoms with van der Waals surface area (Å²) in [5.74, 6) is -0.296. The Labute approximate surface area is 107 Å². The van der Waals surface area contributed by atoms with Crippen molar-refractivity contribution in [2.45, 2.75) is 19.1 Å². The van der Waals surface area contributed by atoms with Crippen molar-refractivity contribution in [1.29, 1.82) is 0 Å². The molecule has 0 saturated carbocycles. The smallest absolute Gasteiger partial charge is 0.306 e. The fourth-order valence-electron chi connectivity index (χ4n) is 1.54. The molecule has 0 aliphatic heterocycles. The van der Waals surface area contributed by atoms with E-state index in [1.165, 1.54) is 7.11 Å². The Bertz CT molecular complexity index is 511. The number of aliphatic carboxylic acids is 1. The van der Waals surface area contributed by atoms with Gasteiger partial charge < -0.3 is 9.84 Å². The van der Waals surface area contributed by atoms with Crippen LogP contribution in [0.4, 0.5) is 0 Å². The number of tetrazole rings is 1. The molecule has 1 unspecified atom stereocenters. The van der Waals surface area contributed by atoms with Crippen molar-refractivity contribution in [1.82, 2.24) is 20.2 Å². The number of hydrogen-bond acceptors (Lipinski definition) is 6. The van der Waals surface area contributed by atoms with Gasteiger partial charge in [0.2, 0.25) is 0 Å². The number of ether oxygens (including phenoxy) is 1. The molecule has 0 radical (unpaired) electrons. The summed E-state index contributed by atoms with van der Waals surface area (Å²) in [6, 6.07) is 1.91. The lowest BCUT2D eigenvalue weighted by molar-refractivity contribution is -0.139. The molecular weight excluding hydrogens is 256 g/mol. The Morgan fingerprint density at radius 3 is 3.11 bits per heavy atom. The molecule has 0 amide bonds. The number of rotatable bonds is 6. The number of methoxy groups -OCH3 is 1. The van der Waals surface area contributed by atoms with E-state index in [1.54, 1.807) is 16.0 Å². The van der Waals surface area contributed by atoms with Crippen LogP contribution >= 0.6 is 11.3 Å². The lowest BCUT2D eigenvalue weighted by atomic mass is 10.2. The van der Waals surface area contributed by atoms with Crippen LogP contribution in [0.2, 0.25) is 0 Å². The van der Waals surface area contributed by atoms with Crippen LogP contribution in [0.3, 0.4) is 0 Å². The van der Waals surface area contributed by atoms with Crippen LogP contribution in [0.15, 0.2) is 16.8 Å². The minimum atomic E-state index is -0.910. The number of nitrogens with zero attached hydrogens (tertiary/aromatic N) is 4. The van der Waals surface area contributed by atoms with Crippen molar-refractivity contribution in [3.63, 3.8) is 0 Å². The number of hydrogen-bond donors (Lipinski definition) is 1. The third-order valence-electron chi connectivity index (χ3n) is 2.42. The van der Waals surface area contributed by atoms with Gasteiger partial charge in [-0.05, 0) is 21.9 Å². The highest BCUT2D eigenvalue weighted by Crippen LogP contribution is 2.19. The zero-order valence-electron chi connectivity index (χ0n) is 9.68. The van der Waals surface area contributed by atoms with Crippen LogP contribution in [0.5, 0.6) is 0 Å². The lowest BCUT2D eigenvalue weighted by Crippen LogP contribution is -2.23. The van der Waals surface area contributed by atoms with E-state index in [1.807, 2.05) is 16.8 Å². The SMILES string of the molecule is COC(CC(=O)O)Cn1nnnc1-c1ccsc1. The minimum Gasteiger partial charge on any atom is -0.481 e. The summed E-state index contributed by atoms with van der Waals surface area (Å²) in [5.41, 5.74) is 0.912. The molecule has 7 nitrogen and oxygen atoms in total. The molecule has 0 bridgehead atoms. The van der Waals surface area contributed by atoms with Crippen LogP contribution in [0, 0.1) is 0 Å². The zero-order chi connectivity index (χ0) is 13.0. The molecule has 0 fully saturated rings. The van der Waals surface area contributed by atoms with Crippen LogP contribution in [-0.2, 0) is 16.1 Å². The molecule has 0 saturated heterocycles. The summed E-state index contributed by atoms with van der Waals surface area (Å²) in [4.78, 5) is 10.7. The molecule has 8 heteroatoms. The zero-order valence-corrected chi connectivity index (χ0v) is 10.5. The van der Waals surface area contributed by atoms with E-state index in [4.69, 9.17) is 9.84 Å². The van der Waals surface area contributed by atoms with E-state index in [9.17, 15) is 4.79 Å². The van der Waals surface area contributed by atoms with Gasteiger partial charge in [-0.2, -0.15) is 11.3 Å². The van der Waals surface area contributed by atoms with Gasteiger partial charge in [-0.15, -0.1) is 5.10 Å².